The predicted molar refractivity (Wildman–Crippen MR) is 80.1 cm³/mol. The molecular weight excluding hydrogens is 292 g/mol. The normalized spacial score (nSPS) is 10.0. The molecule has 21 heavy (non-hydrogen) atoms. The number of carbonyl (C=O) groups is 1. The lowest BCUT2D eigenvalue weighted by molar-refractivity contribution is 0.0600. The maximum atomic E-state index is 11.5. The zero-order valence-electron chi connectivity index (χ0n) is 11.8. The Labute approximate surface area is 128 Å². The Morgan fingerprint density at radius 3 is 2.57 bits per heavy atom. The maximum absolute atomic E-state index is 11.5. The first-order valence-corrected chi connectivity index (χ1v) is 6.65. The van der Waals surface area contributed by atoms with Crippen molar-refractivity contribution in [3.05, 3.63) is 58.6 Å². The molecule has 0 unspecified atom stereocenters. The number of esters is 1. The molecule has 0 bridgehead atoms. The van der Waals surface area contributed by atoms with Crippen molar-refractivity contribution in [2.45, 2.75) is 6.61 Å². The van der Waals surface area contributed by atoms with Crippen LogP contribution in [-0.4, -0.2) is 20.2 Å². The summed E-state index contributed by atoms with van der Waals surface area (Å²) in [5.41, 5.74) is 1.35. The zero-order valence-corrected chi connectivity index (χ0v) is 12.5. The van der Waals surface area contributed by atoms with Gasteiger partial charge in [0.05, 0.1) is 19.8 Å². The third-order valence-electron chi connectivity index (χ3n) is 2.87. The summed E-state index contributed by atoms with van der Waals surface area (Å²) in [4.78, 5) is 11.5. The minimum absolute atomic E-state index is 0.356. The Balaban J connectivity index is 2.14. The molecule has 0 saturated heterocycles. The summed E-state index contributed by atoms with van der Waals surface area (Å²) in [6.07, 6.45) is 0. The summed E-state index contributed by atoms with van der Waals surface area (Å²) in [5.74, 6) is 0.597. The standard InChI is InChI=1S/C16H15ClO4/c1-19-15-9-12(16(18)20-2)6-7-14(15)21-10-11-4-3-5-13(17)8-11/h3-9H,10H2,1-2H3. The molecule has 0 aliphatic carbocycles. The molecule has 0 aliphatic heterocycles. The molecule has 2 rings (SSSR count). The summed E-state index contributed by atoms with van der Waals surface area (Å²) < 4.78 is 15.6. The number of hydrogen-bond donors (Lipinski definition) is 0. The molecule has 0 spiro atoms. The third kappa shape index (κ3) is 3.89. The van der Waals surface area contributed by atoms with Crippen LogP contribution in [0.25, 0.3) is 0 Å². The van der Waals surface area contributed by atoms with Crippen LogP contribution in [0, 0.1) is 0 Å². The van der Waals surface area contributed by atoms with Crippen LogP contribution in [-0.2, 0) is 11.3 Å². The van der Waals surface area contributed by atoms with Crippen molar-refractivity contribution in [2.75, 3.05) is 14.2 Å². The lowest BCUT2D eigenvalue weighted by Crippen LogP contribution is -2.03. The molecule has 110 valence electrons. The molecule has 0 radical (unpaired) electrons. The highest BCUT2D eigenvalue weighted by atomic mass is 35.5. The van der Waals surface area contributed by atoms with E-state index >= 15 is 0 Å². The number of benzene rings is 2. The molecule has 4 nitrogen and oxygen atoms in total. The number of carbonyl (C=O) groups excluding carboxylic acids is 1. The number of ether oxygens (including phenoxy) is 3. The van der Waals surface area contributed by atoms with Crippen molar-refractivity contribution in [1.82, 2.24) is 0 Å². The van der Waals surface area contributed by atoms with E-state index < -0.39 is 5.97 Å². The SMILES string of the molecule is COC(=O)c1ccc(OCc2cccc(Cl)c2)c(OC)c1. The van der Waals surface area contributed by atoms with E-state index in [0.717, 1.165) is 5.56 Å². The smallest absolute Gasteiger partial charge is 0.337 e. The molecule has 2 aromatic carbocycles. The van der Waals surface area contributed by atoms with Gasteiger partial charge in [-0.3, -0.25) is 0 Å². The van der Waals surface area contributed by atoms with Crippen molar-refractivity contribution in [1.29, 1.82) is 0 Å². The Morgan fingerprint density at radius 1 is 1.10 bits per heavy atom. The fourth-order valence-electron chi connectivity index (χ4n) is 1.82. The molecule has 0 amide bonds. The summed E-state index contributed by atoms with van der Waals surface area (Å²) in [6.45, 7) is 0.356. The van der Waals surface area contributed by atoms with Crippen molar-refractivity contribution in [3.63, 3.8) is 0 Å². The van der Waals surface area contributed by atoms with Crippen LogP contribution in [0.5, 0.6) is 11.5 Å². The van der Waals surface area contributed by atoms with Crippen LogP contribution in [0.4, 0.5) is 0 Å². The van der Waals surface area contributed by atoms with Gasteiger partial charge in [0.1, 0.15) is 6.61 Å². The molecule has 0 aliphatic rings. The Bertz CT molecular complexity index is 640. The largest absolute Gasteiger partial charge is 0.493 e. The number of rotatable bonds is 5. The average molecular weight is 307 g/mol. The summed E-state index contributed by atoms with van der Waals surface area (Å²) in [5, 5.41) is 0.657. The molecule has 2 aromatic rings. The van der Waals surface area contributed by atoms with E-state index in [0.29, 0.717) is 28.7 Å². The minimum atomic E-state index is -0.422. The minimum Gasteiger partial charge on any atom is -0.493 e. The molecule has 0 atom stereocenters. The second-order valence-electron chi connectivity index (χ2n) is 4.28. The quantitative estimate of drug-likeness (QED) is 0.790. The van der Waals surface area contributed by atoms with Gasteiger partial charge in [-0.05, 0) is 35.9 Å². The van der Waals surface area contributed by atoms with Crippen LogP contribution in [0.3, 0.4) is 0 Å². The fraction of sp³-hybridized carbons (Fsp3) is 0.188. The van der Waals surface area contributed by atoms with Crippen LogP contribution in [0.15, 0.2) is 42.5 Å². The van der Waals surface area contributed by atoms with E-state index in [4.69, 9.17) is 21.1 Å². The van der Waals surface area contributed by atoms with Gasteiger partial charge in [0.15, 0.2) is 11.5 Å². The van der Waals surface area contributed by atoms with E-state index in [1.54, 1.807) is 24.3 Å². The van der Waals surface area contributed by atoms with Gasteiger partial charge in [0.25, 0.3) is 0 Å². The molecule has 0 aromatic heterocycles. The lowest BCUT2D eigenvalue weighted by atomic mass is 10.2. The molecule has 0 fully saturated rings. The average Bonchev–Trinajstić information content (AvgIpc) is 2.52. The predicted octanol–water partition coefficient (Wildman–Crippen LogP) is 3.71. The highest BCUT2D eigenvalue weighted by Gasteiger charge is 2.11. The van der Waals surface area contributed by atoms with E-state index in [-0.39, 0.29) is 0 Å². The van der Waals surface area contributed by atoms with Crippen LogP contribution in [0.2, 0.25) is 5.02 Å². The molecule has 0 heterocycles. The molecule has 5 heteroatoms. The number of halogens is 1. The zero-order chi connectivity index (χ0) is 15.2. The Kier molecular flexibility index (Phi) is 5.06. The third-order valence-corrected chi connectivity index (χ3v) is 3.10. The summed E-state index contributed by atoms with van der Waals surface area (Å²) in [7, 11) is 2.85. The van der Waals surface area contributed by atoms with Gasteiger partial charge < -0.3 is 14.2 Å². The maximum Gasteiger partial charge on any atom is 0.337 e. The van der Waals surface area contributed by atoms with Crippen LogP contribution >= 0.6 is 11.6 Å². The Hall–Kier alpha value is -2.20. The first-order chi connectivity index (χ1) is 10.1. The van der Waals surface area contributed by atoms with Crippen LogP contribution < -0.4 is 9.47 Å². The fourth-order valence-corrected chi connectivity index (χ4v) is 2.03. The monoisotopic (exact) mass is 306 g/mol. The van der Waals surface area contributed by atoms with Gasteiger partial charge in [-0.2, -0.15) is 0 Å². The van der Waals surface area contributed by atoms with Gasteiger partial charge in [-0.15, -0.1) is 0 Å². The molecular formula is C16H15ClO4. The molecule has 0 saturated carbocycles. The highest BCUT2D eigenvalue weighted by Crippen LogP contribution is 2.29. The van der Waals surface area contributed by atoms with Crippen molar-refractivity contribution in [2.24, 2.45) is 0 Å². The number of methoxy groups -OCH3 is 2. The topological polar surface area (TPSA) is 44.8 Å². The summed E-state index contributed by atoms with van der Waals surface area (Å²) in [6, 6.07) is 12.3. The van der Waals surface area contributed by atoms with E-state index in [2.05, 4.69) is 4.74 Å². The van der Waals surface area contributed by atoms with Crippen molar-refractivity contribution < 1.29 is 19.0 Å². The Morgan fingerprint density at radius 2 is 1.90 bits per heavy atom. The van der Waals surface area contributed by atoms with Crippen molar-refractivity contribution >= 4 is 17.6 Å². The van der Waals surface area contributed by atoms with Gasteiger partial charge in [-0.25, -0.2) is 4.79 Å². The van der Waals surface area contributed by atoms with Gasteiger partial charge in [0, 0.05) is 5.02 Å². The van der Waals surface area contributed by atoms with Gasteiger partial charge in [0.2, 0.25) is 0 Å². The van der Waals surface area contributed by atoms with Crippen molar-refractivity contribution in [3.8, 4) is 11.5 Å². The second kappa shape index (κ2) is 6.99. The van der Waals surface area contributed by atoms with E-state index in [1.165, 1.54) is 14.2 Å². The first kappa shape index (κ1) is 15.2. The summed E-state index contributed by atoms with van der Waals surface area (Å²) >= 11 is 5.93. The highest BCUT2D eigenvalue weighted by molar-refractivity contribution is 6.30. The van der Waals surface area contributed by atoms with Gasteiger partial charge in [-0.1, -0.05) is 23.7 Å². The lowest BCUT2D eigenvalue weighted by Gasteiger charge is -2.12. The van der Waals surface area contributed by atoms with E-state index in [1.807, 2.05) is 18.2 Å². The second-order valence-corrected chi connectivity index (χ2v) is 4.71. The van der Waals surface area contributed by atoms with E-state index in [9.17, 15) is 4.79 Å². The number of hydrogen-bond acceptors (Lipinski definition) is 4. The van der Waals surface area contributed by atoms with Gasteiger partial charge >= 0.3 is 5.97 Å². The molecule has 0 N–H and O–H groups in total. The van der Waals surface area contributed by atoms with Crippen LogP contribution in [0.1, 0.15) is 15.9 Å². The first-order valence-electron chi connectivity index (χ1n) is 6.27.